The number of hydrogen-bond acceptors (Lipinski definition) is 3. The third-order valence-electron chi connectivity index (χ3n) is 5.11. The smallest absolute Gasteiger partial charge is 0.416 e. The fourth-order valence-electron chi connectivity index (χ4n) is 3.99. The number of alkyl halides is 3. The van der Waals surface area contributed by atoms with E-state index in [2.05, 4.69) is 4.98 Å². The number of fused-ring (bicyclic) bond motifs is 1. The molecule has 0 fully saturated rings. The largest absolute Gasteiger partial charge is 0.475 e. The predicted octanol–water partition coefficient (Wildman–Crippen LogP) is 6.20. The van der Waals surface area contributed by atoms with Crippen molar-refractivity contribution < 1.29 is 27.8 Å². The lowest BCUT2D eigenvalue weighted by molar-refractivity contribution is -0.138. The Morgan fingerprint density at radius 1 is 1.27 bits per heavy atom. The molecule has 8 heteroatoms. The van der Waals surface area contributed by atoms with Gasteiger partial charge in [-0.05, 0) is 50.5 Å². The first-order valence-corrected chi connectivity index (χ1v) is 9.62. The Kier molecular flexibility index (Phi) is 5.78. The van der Waals surface area contributed by atoms with Crippen molar-refractivity contribution in [1.29, 1.82) is 0 Å². The number of amides is 1. The lowest BCUT2D eigenvalue weighted by Crippen LogP contribution is -2.35. The molecule has 2 heterocycles. The minimum absolute atomic E-state index is 0.0501. The zero-order chi connectivity index (χ0) is 22.2. The van der Waals surface area contributed by atoms with Gasteiger partial charge in [0.25, 0.3) is 0 Å². The number of hydrogen-bond donors (Lipinski definition) is 1. The molecule has 0 aliphatic carbocycles. The van der Waals surface area contributed by atoms with Crippen molar-refractivity contribution in [1.82, 2.24) is 4.98 Å². The molecule has 1 aliphatic rings. The van der Waals surface area contributed by atoms with E-state index in [1.165, 1.54) is 24.4 Å². The monoisotopic (exact) mass is 420 g/mol. The van der Waals surface area contributed by atoms with Gasteiger partial charge in [0.2, 0.25) is 5.88 Å². The number of allylic oxidation sites excluding steroid dienone is 2. The lowest BCUT2D eigenvalue weighted by atomic mass is 9.77. The van der Waals surface area contributed by atoms with Crippen LogP contribution in [-0.2, 0) is 6.18 Å². The molecule has 0 bridgehead atoms. The molecule has 30 heavy (non-hydrogen) atoms. The summed E-state index contributed by atoms with van der Waals surface area (Å²) in [4.78, 5) is 17.4. The number of benzene rings is 1. The summed E-state index contributed by atoms with van der Waals surface area (Å²) in [5.41, 5.74) is 0.832. The van der Waals surface area contributed by atoms with Gasteiger partial charge in [0.05, 0.1) is 22.9 Å². The van der Waals surface area contributed by atoms with Crippen LogP contribution in [0.25, 0.3) is 0 Å². The maximum absolute atomic E-state index is 13.9. The number of carbonyl (C=O) groups is 1. The first-order chi connectivity index (χ1) is 14.1. The molecule has 160 valence electrons. The molecule has 1 atom stereocenters. The van der Waals surface area contributed by atoms with Crippen LogP contribution in [-0.4, -0.2) is 22.3 Å². The van der Waals surface area contributed by atoms with Crippen LogP contribution in [0.5, 0.6) is 5.88 Å². The maximum Gasteiger partial charge on any atom is 0.416 e. The van der Waals surface area contributed by atoms with Gasteiger partial charge in [0, 0.05) is 17.8 Å². The van der Waals surface area contributed by atoms with Crippen LogP contribution in [0.1, 0.15) is 56.7 Å². The van der Waals surface area contributed by atoms with E-state index in [0.717, 1.165) is 11.0 Å². The summed E-state index contributed by atoms with van der Waals surface area (Å²) >= 11 is 0. The SMILES string of the molecule is CCC1=C(C)N(C(=O)O)c2ccnc(OC(C)C)c2C1c1ccccc1C(F)(F)F. The van der Waals surface area contributed by atoms with Crippen LogP contribution in [0.3, 0.4) is 0 Å². The quantitative estimate of drug-likeness (QED) is 0.640. The molecule has 1 amide bonds. The number of aromatic nitrogens is 1. The minimum atomic E-state index is -4.56. The molecule has 1 N–H and O–H groups in total. The van der Waals surface area contributed by atoms with E-state index in [9.17, 15) is 23.1 Å². The number of ether oxygens (including phenoxy) is 1. The number of anilines is 1. The van der Waals surface area contributed by atoms with Crippen LogP contribution in [0, 0.1) is 0 Å². The standard InChI is InChI=1S/C22H23F3N2O3/c1-5-14-13(4)27(21(28)29)17-10-11-26-20(30-12(2)3)19(17)18(14)15-8-6-7-9-16(15)22(23,24)25/h6-12,18H,5H2,1-4H3,(H,28,29). The first-order valence-electron chi connectivity index (χ1n) is 9.62. The third kappa shape index (κ3) is 3.74. The molecular formula is C22H23F3N2O3. The summed E-state index contributed by atoms with van der Waals surface area (Å²) < 4.78 is 47.4. The molecule has 0 radical (unpaired) electrons. The van der Waals surface area contributed by atoms with Gasteiger partial charge in [-0.3, -0.25) is 4.90 Å². The Labute approximate surface area is 172 Å². The van der Waals surface area contributed by atoms with Crippen LogP contribution in [0.4, 0.5) is 23.7 Å². The molecule has 0 saturated carbocycles. The summed E-state index contributed by atoms with van der Waals surface area (Å²) in [5, 5.41) is 9.83. The van der Waals surface area contributed by atoms with Gasteiger partial charge in [-0.2, -0.15) is 13.2 Å². The zero-order valence-electron chi connectivity index (χ0n) is 17.1. The molecule has 0 spiro atoms. The van der Waals surface area contributed by atoms with Crippen molar-refractivity contribution in [2.45, 2.75) is 52.3 Å². The van der Waals surface area contributed by atoms with Gasteiger partial charge < -0.3 is 9.84 Å². The second-order valence-electron chi connectivity index (χ2n) is 7.32. The van der Waals surface area contributed by atoms with E-state index in [1.54, 1.807) is 33.8 Å². The fraction of sp³-hybridized carbons (Fsp3) is 0.364. The van der Waals surface area contributed by atoms with Crippen LogP contribution in [0.2, 0.25) is 0 Å². The number of nitrogens with zero attached hydrogens (tertiary/aromatic N) is 2. The van der Waals surface area contributed by atoms with Gasteiger partial charge >= 0.3 is 12.3 Å². The Hall–Kier alpha value is -3.03. The summed E-state index contributed by atoms with van der Waals surface area (Å²) in [6.07, 6.45) is -4.30. The van der Waals surface area contributed by atoms with Crippen molar-refractivity contribution >= 4 is 11.8 Å². The molecule has 3 rings (SSSR count). The van der Waals surface area contributed by atoms with Crippen molar-refractivity contribution in [2.24, 2.45) is 0 Å². The van der Waals surface area contributed by atoms with Gasteiger partial charge in [0.1, 0.15) is 0 Å². The lowest BCUT2D eigenvalue weighted by Gasteiger charge is -2.37. The second-order valence-corrected chi connectivity index (χ2v) is 7.32. The topological polar surface area (TPSA) is 62.7 Å². The highest BCUT2D eigenvalue weighted by molar-refractivity contribution is 5.93. The summed E-state index contributed by atoms with van der Waals surface area (Å²) in [6, 6.07) is 6.87. The summed E-state index contributed by atoms with van der Waals surface area (Å²) in [5.74, 6) is -0.699. The average molecular weight is 420 g/mol. The highest BCUT2D eigenvalue weighted by atomic mass is 19.4. The van der Waals surface area contributed by atoms with E-state index < -0.39 is 23.8 Å². The first kappa shape index (κ1) is 21.7. The van der Waals surface area contributed by atoms with Gasteiger partial charge in [0.15, 0.2) is 0 Å². The number of pyridine rings is 1. The molecule has 1 unspecified atom stereocenters. The van der Waals surface area contributed by atoms with E-state index in [4.69, 9.17) is 4.74 Å². The normalized spacial score (nSPS) is 16.7. The minimum Gasteiger partial charge on any atom is -0.475 e. The number of rotatable bonds is 4. The van der Waals surface area contributed by atoms with Crippen molar-refractivity contribution in [2.75, 3.05) is 4.90 Å². The average Bonchev–Trinajstić information content (AvgIpc) is 2.65. The van der Waals surface area contributed by atoms with Crippen molar-refractivity contribution in [3.8, 4) is 5.88 Å². The van der Waals surface area contributed by atoms with Gasteiger partial charge in [-0.15, -0.1) is 0 Å². The number of halogens is 3. The second kappa shape index (κ2) is 8.01. The van der Waals surface area contributed by atoms with E-state index in [0.29, 0.717) is 23.3 Å². The molecular weight excluding hydrogens is 397 g/mol. The Morgan fingerprint density at radius 2 is 1.93 bits per heavy atom. The summed E-state index contributed by atoms with van der Waals surface area (Å²) in [6.45, 7) is 6.97. The maximum atomic E-state index is 13.9. The highest BCUT2D eigenvalue weighted by Gasteiger charge is 2.42. The Morgan fingerprint density at radius 3 is 2.50 bits per heavy atom. The van der Waals surface area contributed by atoms with Crippen molar-refractivity contribution in [3.05, 3.63) is 64.5 Å². The van der Waals surface area contributed by atoms with Crippen LogP contribution < -0.4 is 9.64 Å². The van der Waals surface area contributed by atoms with Gasteiger partial charge in [-0.25, -0.2) is 9.78 Å². The van der Waals surface area contributed by atoms with E-state index in [-0.39, 0.29) is 23.2 Å². The summed E-state index contributed by atoms with van der Waals surface area (Å²) in [7, 11) is 0. The number of carboxylic acid groups (broad SMARTS) is 1. The molecule has 2 aromatic rings. The van der Waals surface area contributed by atoms with E-state index >= 15 is 0 Å². The Bertz CT molecular complexity index is 999. The highest BCUT2D eigenvalue weighted by Crippen LogP contribution is 2.51. The molecule has 5 nitrogen and oxygen atoms in total. The Balaban J connectivity index is 2.40. The van der Waals surface area contributed by atoms with Crippen LogP contribution in [0.15, 0.2) is 47.8 Å². The van der Waals surface area contributed by atoms with Crippen LogP contribution >= 0.6 is 0 Å². The zero-order valence-corrected chi connectivity index (χ0v) is 17.1. The molecule has 1 aromatic heterocycles. The fourth-order valence-corrected chi connectivity index (χ4v) is 3.99. The molecule has 1 aromatic carbocycles. The third-order valence-corrected chi connectivity index (χ3v) is 5.11. The molecule has 0 saturated heterocycles. The molecule has 1 aliphatic heterocycles. The van der Waals surface area contributed by atoms with Gasteiger partial charge in [-0.1, -0.05) is 25.1 Å². The predicted molar refractivity (Wildman–Crippen MR) is 107 cm³/mol. The van der Waals surface area contributed by atoms with Crippen molar-refractivity contribution in [3.63, 3.8) is 0 Å². The van der Waals surface area contributed by atoms with E-state index in [1.807, 2.05) is 0 Å².